The van der Waals surface area contributed by atoms with E-state index in [1.165, 1.54) is 0 Å². The lowest BCUT2D eigenvalue weighted by atomic mass is 10.3. The van der Waals surface area contributed by atoms with Crippen molar-refractivity contribution in [2.75, 3.05) is 13.7 Å². The molecule has 78 valence electrons. The van der Waals surface area contributed by atoms with Crippen LogP contribution >= 0.6 is 0 Å². The number of carbonyl (C=O) groups excluding carboxylic acids is 1. The summed E-state index contributed by atoms with van der Waals surface area (Å²) in [6.45, 7) is 1.21. The van der Waals surface area contributed by atoms with Gasteiger partial charge in [0.05, 0.1) is 17.6 Å². The van der Waals surface area contributed by atoms with Gasteiger partial charge in [0.1, 0.15) is 0 Å². The third-order valence-corrected chi connectivity index (χ3v) is 2.31. The number of carbonyl (C=O) groups is 1. The van der Waals surface area contributed by atoms with Crippen LogP contribution in [0.2, 0.25) is 0 Å². The van der Waals surface area contributed by atoms with Crippen molar-refractivity contribution >= 4 is 17.3 Å². The molecular formula is C11H12N2O2. The number of aldehydes is 1. The minimum atomic E-state index is 0.452. The zero-order valence-electron chi connectivity index (χ0n) is 8.51. The number of rotatable bonds is 4. The highest BCUT2D eigenvalue weighted by Crippen LogP contribution is 2.14. The van der Waals surface area contributed by atoms with Gasteiger partial charge < -0.3 is 9.30 Å². The van der Waals surface area contributed by atoms with Crippen LogP contribution in [0.4, 0.5) is 0 Å². The van der Waals surface area contributed by atoms with E-state index in [0.717, 1.165) is 17.3 Å². The van der Waals surface area contributed by atoms with E-state index in [-0.39, 0.29) is 0 Å². The van der Waals surface area contributed by atoms with Crippen molar-refractivity contribution in [1.29, 1.82) is 0 Å². The van der Waals surface area contributed by atoms with E-state index in [9.17, 15) is 4.79 Å². The fourth-order valence-corrected chi connectivity index (χ4v) is 1.60. The Morgan fingerprint density at radius 3 is 3.00 bits per heavy atom. The van der Waals surface area contributed by atoms with E-state index in [0.29, 0.717) is 19.0 Å². The Morgan fingerprint density at radius 1 is 1.47 bits per heavy atom. The zero-order chi connectivity index (χ0) is 10.7. The molecule has 0 aliphatic carbocycles. The summed E-state index contributed by atoms with van der Waals surface area (Å²) in [6, 6.07) is 7.68. The molecule has 0 aliphatic heterocycles. The number of hydrogen-bond acceptors (Lipinski definition) is 3. The maximum absolute atomic E-state index is 10.8. The fraction of sp³-hybridized carbons (Fsp3) is 0.273. The first kappa shape index (κ1) is 9.86. The van der Waals surface area contributed by atoms with Crippen molar-refractivity contribution in [1.82, 2.24) is 9.55 Å². The SMILES string of the molecule is COCCn1c(C=O)nc2ccccc21. The number of ether oxygens (including phenoxy) is 1. The van der Waals surface area contributed by atoms with Crippen molar-refractivity contribution in [3.63, 3.8) is 0 Å². The number of fused-ring (bicyclic) bond motifs is 1. The van der Waals surface area contributed by atoms with Crippen LogP contribution in [0.15, 0.2) is 24.3 Å². The highest BCUT2D eigenvalue weighted by molar-refractivity contribution is 5.82. The van der Waals surface area contributed by atoms with Crippen LogP contribution in [-0.2, 0) is 11.3 Å². The molecule has 0 amide bonds. The molecule has 15 heavy (non-hydrogen) atoms. The standard InChI is InChI=1S/C11H12N2O2/c1-15-7-6-13-10-5-3-2-4-9(10)12-11(13)8-14/h2-5,8H,6-7H2,1H3. The Bertz CT molecular complexity index is 476. The average Bonchev–Trinajstić information content (AvgIpc) is 2.64. The van der Waals surface area contributed by atoms with Crippen molar-refractivity contribution in [2.24, 2.45) is 0 Å². The molecular weight excluding hydrogens is 192 g/mol. The molecule has 0 spiro atoms. The highest BCUT2D eigenvalue weighted by atomic mass is 16.5. The summed E-state index contributed by atoms with van der Waals surface area (Å²) in [5, 5.41) is 0. The van der Waals surface area contributed by atoms with Gasteiger partial charge in [-0.15, -0.1) is 0 Å². The number of nitrogens with zero attached hydrogens (tertiary/aromatic N) is 2. The fourth-order valence-electron chi connectivity index (χ4n) is 1.60. The normalized spacial score (nSPS) is 10.7. The van der Waals surface area contributed by atoms with Crippen LogP contribution in [0.1, 0.15) is 10.6 Å². The van der Waals surface area contributed by atoms with Gasteiger partial charge in [-0.1, -0.05) is 12.1 Å². The number of para-hydroxylation sites is 2. The van der Waals surface area contributed by atoms with Gasteiger partial charge in [0, 0.05) is 13.7 Å². The Balaban J connectivity index is 2.51. The summed E-state index contributed by atoms with van der Waals surface area (Å²) in [7, 11) is 1.64. The van der Waals surface area contributed by atoms with E-state index < -0.39 is 0 Å². The number of imidazole rings is 1. The molecule has 0 saturated heterocycles. The van der Waals surface area contributed by atoms with Crippen LogP contribution in [0.25, 0.3) is 11.0 Å². The molecule has 0 saturated carbocycles. The first-order valence-corrected chi connectivity index (χ1v) is 4.76. The van der Waals surface area contributed by atoms with E-state index in [4.69, 9.17) is 4.74 Å². The van der Waals surface area contributed by atoms with Gasteiger partial charge in [-0.3, -0.25) is 4.79 Å². The maximum atomic E-state index is 10.8. The van der Waals surface area contributed by atoms with E-state index in [1.807, 2.05) is 28.8 Å². The molecule has 0 fully saturated rings. The van der Waals surface area contributed by atoms with Gasteiger partial charge in [-0.05, 0) is 12.1 Å². The molecule has 0 atom stereocenters. The topological polar surface area (TPSA) is 44.1 Å². The molecule has 0 bridgehead atoms. The molecule has 0 radical (unpaired) electrons. The zero-order valence-corrected chi connectivity index (χ0v) is 8.51. The first-order valence-electron chi connectivity index (χ1n) is 4.76. The van der Waals surface area contributed by atoms with Gasteiger partial charge in [-0.25, -0.2) is 4.98 Å². The Kier molecular flexibility index (Phi) is 2.78. The maximum Gasteiger partial charge on any atom is 0.185 e. The van der Waals surface area contributed by atoms with Crippen LogP contribution in [0.3, 0.4) is 0 Å². The van der Waals surface area contributed by atoms with E-state index in [2.05, 4.69) is 4.98 Å². The smallest absolute Gasteiger partial charge is 0.185 e. The lowest BCUT2D eigenvalue weighted by molar-refractivity contribution is 0.110. The Labute approximate surface area is 87.5 Å². The van der Waals surface area contributed by atoms with Gasteiger partial charge in [0.25, 0.3) is 0 Å². The monoisotopic (exact) mass is 204 g/mol. The van der Waals surface area contributed by atoms with Crippen molar-refractivity contribution in [3.05, 3.63) is 30.1 Å². The van der Waals surface area contributed by atoms with Crippen molar-refractivity contribution in [3.8, 4) is 0 Å². The van der Waals surface area contributed by atoms with Crippen LogP contribution in [0, 0.1) is 0 Å². The average molecular weight is 204 g/mol. The summed E-state index contributed by atoms with van der Waals surface area (Å²) in [4.78, 5) is 15.1. The van der Waals surface area contributed by atoms with Crippen molar-refractivity contribution in [2.45, 2.75) is 6.54 Å². The predicted octanol–water partition coefficient (Wildman–Crippen LogP) is 1.50. The number of aromatic nitrogens is 2. The lowest BCUT2D eigenvalue weighted by Crippen LogP contribution is -2.07. The quantitative estimate of drug-likeness (QED) is 0.709. The molecule has 0 N–H and O–H groups in total. The first-order chi connectivity index (χ1) is 7.36. The second-order valence-corrected chi connectivity index (χ2v) is 3.22. The minimum absolute atomic E-state index is 0.452. The molecule has 1 aromatic carbocycles. The largest absolute Gasteiger partial charge is 0.383 e. The molecule has 0 aliphatic rings. The molecule has 2 rings (SSSR count). The van der Waals surface area contributed by atoms with Crippen LogP contribution in [0.5, 0.6) is 0 Å². The molecule has 4 nitrogen and oxygen atoms in total. The molecule has 4 heteroatoms. The van der Waals surface area contributed by atoms with Gasteiger partial charge in [-0.2, -0.15) is 0 Å². The second-order valence-electron chi connectivity index (χ2n) is 3.22. The van der Waals surface area contributed by atoms with Gasteiger partial charge >= 0.3 is 0 Å². The molecule has 2 aromatic rings. The molecule has 1 aromatic heterocycles. The summed E-state index contributed by atoms with van der Waals surface area (Å²) >= 11 is 0. The predicted molar refractivity (Wildman–Crippen MR) is 57.0 cm³/mol. The van der Waals surface area contributed by atoms with Gasteiger partial charge in [0.15, 0.2) is 12.1 Å². The second kappa shape index (κ2) is 4.23. The van der Waals surface area contributed by atoms with Crippen LogP contribution in [-0.4, -0.2) is 29.6 Å². The molecule has 1 heterocycles. The summed E-state index contributed by atoms with van der Waals surface area (Å²) in [5.41, 5.74) is 1.81. The van der Waals surface area contributed by atoms with Crippen LogP contribution < -0.4 is 0 Å². The van der Waals surface area contributed by atoms with E-state index >= 15 is 0 Å². The Hall–Kier alpha value is -1.68. The summed E-state index contributed by atoms with van der Waals surface area (Å²) in [6.07, 6.45) is 0.773. The number of hydrogen-bond donors (Lipinski definition) is 0. The Morgan fingerprint density at radius 2 is 2.27 bits per heavy atom. The highest BCUT2D eigenvalue weighted by Gasteiger charge is 2.08. The number of methoxy groups -OCH3 is 1. The van der Waals surface area contributed by atoms with E-state index in [1.54, 1.807) is 7.11 Å². The number of benzene rings is 1. The minimum Gasteiger partial charge on any atom is -0.383 e. The lowest BCUT2D eigenvalue weighted by Gasteiger charge is -2.04. The third kappa shape index (κ3) is 1.76. The third-order valence-electron chi connectivity index (χ3n) is 2.31. The molecule has 0 unspecified atom stereocenters. The van der Waals surface area contributed by atoms with Gasteiger partial charge in [0.2, 0.25) is 0 Å². The summed E-state index contributed by atoms with van der Waals surface area (Å²) < 4.78 is 6.87. The summed E-state index contributed by atoms with van der Waals surface area (Å²) in [5.74, 6) is 0.452. The van der Waals surface area contributed by atoms with Crippen molar-refractivity contribution < 1.29 is 9.53 Å².